The van der Waals surface area contributed by atoms with Crippen LogP contribution in [-0.2, 0) is 9.47 Å². The van der Waals surface area contributed by atoms with Crippen LogP contribution in [0.15, 0.2) is 9.95 Å². The van der Waals surface area contributed by atoms with Crippen molar-refractivity contribution in [2.75, 3.05) is 26.0 Å². The summed E-state index contributed by atoms with van der Waals surface area (Å²) in [5.41, 5.74) is -1.51. The van der Waals surface area contributed by atoms with Gasteiger partial charge in [-0.25, -0.2) is 14.2 Å². The molecule has 3 rings (SSSR count). The number of pyridine rings is 1. The van der Waals surface area contributed by atoms with Crippen molar-refractivity contribution in [3.63, 3.8) is 0 Å². The van der Waals surface area contributed by atoms with E-state index in [1.54, 1.807) is 34.0 Å². The molecule has 1 aliphatic rings. The molecule has 1 N–H and O–H groups in total. The number of nitrogens with zero attached hydrogens (tertiary/aromatic N) is 3. The minimum Gasteiger partial charge on any atom is -0.472 e. The second kappa shape index (κ2) is 9.17. The molecule has 0 radical (unpaired) electrons. The summed E-state index contributed by atoms with van der Waals surface area (Å²) >= 11 is 7.08. The van der Waals surface area contributed by atoms with E-state index in [1.807, 2.05) is 0 Å². The largest absolute Gasteiger partial charge is 0.472 e. The second-order valence-corrected chi connectivity index (χ2v) is 9.11. The fourth-order valence-electron chi connectivity index (χ4n) is 3.10. The summed E-state index contributed by atoms with van der Waals surface area (Å²) in [6, 6.07) is -0.526. The van der Waals surface area contributed by atoms with E-state index in [-0.39, 0.29) is 28.5 Å². The van der Waals surface area contributed by atoms with Crippen molar-refractivity contribution >= 4 is 40.4 Å². The highest BCUT2D eigenvalue weighted by Crippen LogP contribution is 2.29. The third-order valence-electron chi connectivity index (χ3n) is 4.53. The van der Waals surface area contributed by atoms with Crippen molar-refractivity contribution in [1.29, 1.82) is 0 Å². The molecule has 1 saturated heterocycles. The van der Waals surface area contributed by atoms with Crippen LogP contribution < -0.4 is 10.3 Å². The number of morpholine rings is 1. The van der Waals surface area contributed by atoms with Gasteiger partial charge in [0.1, 0.15) is 22.6 Å². The Labute approximate surface area is 187 Å². The van der Waals surface area contributed by atoms with Crippen LogP contribution >= 0.6 is 23.4 Å². The molecule has 0 aromatic carbocycles. The van der Waals surface area contributed by atoms with Gasteiger partial charge >= 0.3 is 6.09 Å². The zero-order valence-electron chi connectivity index (χ0n) is 17.8. The molecule has 2 aromatic heterocycles. The van der Waals surface area contributed by atoms with Gasteiger partial charge in [-0.15, -0.1) is 0 Å². The number of rotatable bonds is 4. The molecule has 1 amide bonds. The first-order valence-corrected chi connectivity index (χ1v) is 11.2. The van der Waals surface area contributed by atoms with Crippen molar-refractivity contribution in [3.05, 3.63) is 21.3 Å². The highest BCUT2D eigenvalue weighted by molar-refractivity contribution is 7.98. The Morgan fingerprint density at radius 1 is 1.42 bits per heavy atom. The Bertz CT molecular complexity index is 1040. The van der Waals surface area contributed by atoms with Crippen molar-refractivity contribution in [2.24, 2.45) is 0 Å². The number of carbonyl (C=O) groups is 1. The van der Waals surface area contributed by atoms with Gasteiger partial charge < -0.3 is 19.2 Å². The third-order valence-corrected chi connectivity index (χ3v) is 5.36. The van der Waals surface area contributed by atoms with E-state index in [9.17, 15) is 14.0 Å². The van der Waals surface area contributed by atoms with Crippen molar-refractivity contribution in [3.8, 4) is 5.88 Å². The van der Waals surface area contributed by atoms with Gasteiger partial charge in [0.15, 0.2) is 16.1 Å². The lowest BCUT2D eigenvalue weighted by Crippen LogP contribution is -2.55. The van der Waals surface area contributed by atoms with Crippen LogP contribution in [-0.4, -0.2) is 69.7 Å². The number of aromatic amines is 1. The molecule has 0 saturated carbocycles. The average Bonchev–Trinajstić information content (AvgIpc) is 2.69. The fourth-order valence-corrected chi connectivity index (χ4v) is 3.64. The van der Waals surface area contributed by atoms with Crippen molar-refractivity contribution in [2.45, 2.75) is 50.6 Å². The number of carbonyl (C=O) groups excluding carboxylic acids is 1. The lowest BCUT2D eigenvalue weighted by atomic mass is 10.1. The number of hydrogen-bond donors (Lipinski definition) is 1. The van der Waals surface area contributed by atoms with Crippen LogP contribution in [0.4, 0.5) is 9.18 Å². The van der Waals surface area contributed by atoms with Gasteiger partial charge in [0.05, 0.1) is 19.3 Å². The van der Waals surface area contributed by atoms with Crippen LogP contribution in [0.1, 0.15) is 27.7 Å². The zero-order chi connectivity index (χ0) is 22.9. The SMILES string of the molecule is CSc1nc2c(F)c(Cl)nc(O[C@@H](C)[C@@H]3COCCN3C(=O)OC(C)(C)C)c2c(=O)[nH]1. The molecule has 9 nitrogen and oxygen atoms in total. The monoisotopic (exact) mass is 474 g/mol. The molecule has 0 bridgehead atoms. The molecule has 170 valence electrons. The average molecular weight is 475 g/mol. The quantitative estimate of drug-likeness (QED) is 0.409. The van der Waals surface area contributed by atoms with Crippen molar-refractivity contribution < 1.29 is 23.4 Å². The van der Waals surface area contributed by atoms with E-state index < -0.39 is 40.4 Å². The van der Waals surface area contributed by atoms with Gasteiger partial charge in [-0.05, 0) is 34.0 Å². The Morgan fingerprint density at radius 2 is 2.13 bits per heavy atom. The maximum Gasteiger partial charge on any atom is 0.410 e. The van der Waals surface area contributed by atoms with E-state index in [4.69, 9.17) is 25.8 Å². The highest BCUT2D eigenvalue weighted by atomic mass is 35.5. The molecule has 2 atom stereocenters. The van der Waals surface area contributed by atoms with Crippen LogP contribution in [0, 0.1) is 5.82 Å². The topological polar surface area (TPSA) is 107 Å². The van der Waals surface area contributed by atoms with E-state index in [1.165, 1.54) is 4.90 Å². The van der Waals surface area contributed by atoms with Gasteiger partial charge in [0.2, 0.25) is 5.88 Å². The fraction of sp³-hybridized carbons (Fsp3) is 0.579. The van der Waals surface area contributed by atoms with Gasteiger partial charge in [-0.3, -0.25) is 9.69 Å². The van der Waals surface area contributed by atoms with Gasteiger partial charge in [0, 0.05) is 6.54 Å². The normalized spacial score (nSPS) is 18.2. The Hall–Kier alpha value is -2.11. The van der Waals surface area contributed by atoms with Crippen LogP contribution in [0.2, 0.25) is 5.15 Å². The number of aromatic nitrogens is 3. The van der Waals surface area contributed by atoms with Crippen LogP contribution in [0.3, 0.4) is 0 Å². The van der Waals surface area contributed by atoms with Crippen LogP contribution in [0.5, 0.6) is 5.88 Å². The molecule has 1 aliphatic heterocycles. The molecule has 12 heteroatoms. The Balaban J connectivity index is 1.95. The molecule has 0 aliphatic carbocycles. The van der Waals surface area contributed by atoms with Crippen LogP contribution in [0.25, 0.3) is 10.9 Å². The summed E-state index contributed by atoms with van der Waals surface area (Å²) in [6.45, 7) is 7.88. The minimum atomic E-state index is -0.908. The minimum absolute atomic E-state index is 0.160. The number of thioether (sulfide) groups is 1. The Morgan fingerprint density at radius 3 is 2.77 bits per heavy atom. The zero-order valence-corrected chi connectivity index (χ0v) is 19.4. The maximum absolute atomic E-state index is 14.5. The predicted molar refractivity (Wildman–Crippen MR) is 115 cm³/mol. The first-order chi connectivity index (χ1) is 14.5. The first kappa shape index (κ1) is 23.6. The number of halogens is 2. The molecular formula is C19H24ClFN4O5S. The molecular weight excluding hydrogens is 451 g/mol. The van der Waals surface area contributed by atoms with E-state index >= 15 is 0 Å². The second-order valence-electron chi connectivity index (χ2n) is 7.96. The van der Waals surface area contributed by atoms with Gasteiger partial charge in [0.25, 0.3) is 5.56 Å². The summed E-state index contributed by atoms with van der Waals surface area (Å²) in [6.07, 6.45) is 0.513. The summed E-state index contributed by atoms with van der Waals surface area (Å²) in [5.74, 6) is -1.08. The Kier molecular flexibility index (Phi) is 6.97. The van der Waals surface area contributed by atoms with E-state index in [0.717, 1.165) is 11.8 Å². The molecule has 31 heavy (non-hydrogen) atoms. The molecule has 0 spiro atoms. The number of ether oxygens (including phenoxy) is 3. The maximum atomic E-state index is 14.5. The summed E-state index contributed by atoms with van der Waals surface area (Å²) in [5, 5.41) is -0.398. The lowest BCUT2D eigenvalue weighted by molar-refractivity contribution is -0.0578. The van der Waals surface area contributed by atoms with Crippen molar-refractivity contribution in [1.82, 2.24) is 19.9 Å². The molecule has 1 fully saturated rings. The van der Waals surface area contributed by atoms with E-state index in [0.29, 0.717) is 13.2 Å². The summed E-state index contributed by atoms with van der Waals surface area (Å²) < 4.78 is 31.4. The number of nitrogens with one attached hydrogen (secondary N) is 1. The third kappa shape index (κ3) is 5.21. The number of amides is 1. The van der Waals surface area contributed by atoms with Gasteiger partial charge in [-0.1, -0.05) is 23.4 Å². The summed E-state index contributed by atoms with van der Waals surface area (Å²) in [7, 11) is 0. The molecule has 3 heterocycles. The predicted octanol–water partition coefficient (Wildman–Crippen LogP) is 3.24. The number of fused-ring (bicyclic) bond motifs is 1. The van der Waals surface area contributed by atoms with E-state index in [2.05, 4.69) is 15.0 Å². The summed E-state index contributed by atoms with van der Waals surface area (Å²) in [4.78, 5) is 37.3. The molecule has 2 aromatic rings. The van der Waals surface area contributed by atoms with Gasteiger partial charge in [-0.2, -0.15) is 4.98 Å². The lowest BCUT2D eigenvalue weighted by Gasteiger charge is -2.39. The molecule has 0 unspecified atom stereocenters. The standard InChI is InChI=1S/C19H24ClFN4O5S/c1-9(10-8-28-7-6-25(10)18(27)30-19(2,3)4)29-16-11-13(12(21)14(20)23-16)22-17(31-5)24-15(11)26/h9-10H,6-8H2,1-5H3,(H,22,24,26)/t9-,10-/m0/s1. The first-order valence-electron chi connectivity index (χ1n) is 9.59. The number of H-pyrrole nitrogens is 1. The highest BCUT2D eigenvalue weighted by Gasteiger charge is 2.36. The smallest absolute Gasteiger partial charge is 0.410 e. The number of hydrogen-bond acceptors (Lipinski definition) is 8.